The Balaban J connectivity index is 4.12. The second-order valence-corrected chi connectivity index (χ2v) is 23.1. The first-order chi connectivity index (χ1) is 38.5. The van der Waals surface area contributed by atoms with E-state index in [-0.39, 0.29) is 31.1 Å². The van der Waals surface area contributed by atoms with Crippen molar-refractivity contribution >= 4 is 17.9 Å². The summed E-state index contributed by atoms with van der Waals surface area (Å²) in [6, 6.07) is 0. The molecule has 0 aromatic heterocycles. The molecule has 0 aliphatic rings. The molecule has 0 saturated heterocycles. The highest BCUT2D eigenvalue weighted by atomic mass is 16.6. The molecule has 0 spiro atoms. The number of rotatable bonds is 63. The van der Waals surface area contributed by atoms with Crippen LogP contribution in [-0.2, 0) is 28.6 Å². The molecule has 1 atom stereocenters. The molecule has 0 amide bonds. The summed E-state index contributed by atoms with van der Waals surface area (Å²) >= 11 is 0. The predicted octanol–water partition coefficient (Wildman–Crippen LogP) is 23.5. The Bertz CT molecular complexity index is 1390. The second-order valence-electron chi connectivity index (χ2n) is 23.1. The van der Waals surface area contributed by atoms with E-state index in [4.69, 9.17) is 14.2 Å². The molecule has 78 heavy (non-hydrogen) atoms. The fraction of sp³-hybridized carbons (Fsp3) is 0.819. The standard InChI is InChI=1S/C72H130O6/c1-4-7-10-13-16-19-22-24-26-28-30-31-32-33-34-35-36-37-38-39-40-41-43-44-46-48-50-53-56-59-62-65-71(74)77-68-69(67-76-70(73)64-61-58-55-52-21-18-15-12-9-6-3)78-72(75)66-63-60-57-54-51-49-47-45-42-29-27-25-23-20-17-14-11-8-5-2/h7,10,16,19,24,26,30-31,33-34,69H,4-6,8-9,11-15,17-18,20-23,25,27-29,32,35-68H2,1-3H3/b10-7-,19-16-,26-24-,31-30-,34-33-. The molecule has 0 aromatic rings. The van der Waals surface area contributed by atoms with Crippen molar-refractivity contribution in [2.75, 3.05) is 13.2 Å². The van der Waals surface area contributed by atoms with Gasteiger partial charge in [-0.05, 0) is 64.2 Å². The van der Waals surface area contributed by atoms with Gasteiger partial charge in [0.25, 0.3) is 0 Å². The summed E-state index contributed by atoms with van der Waals surface area (Å²) in [7, 11) is 0. The monoisotopic (exact) mass is 1090 g/mol. The number of hydrogen-bond acceptors (Lipinski definition) is 6. The largest absolute Gasteiger partial charge is 0.462 e. The molecule has 1 unspecified atom stereocenters. The fourth-order valence-electron chi connectivity index (χ4n) is 10.2. The highest BCUT2D eigenvalue weighted by Crippen LogP contribution is 2.18. The normalized spacial score (nSPS) is 12.4. The number of hydrogen-bond donors (Lipinski definition) is 0. The topological polar surface area (TPSA) is 78.9 Å². The molecular formula is C72H130O6. The van der Waals surface area contributed by atoms with Crippen LogP contribution in [0.15, 0.2) is 60.8 Å². The summed E-state index contributed by atoms with van der Waals surface area (Å²) in [5.74, 6) is -0.844. The van der Waals surface area contributed by atoms with Gasteiger partial charge >= 0.3 is 17.9 Å². The lowest BCUT2D eigenvalue weighted by molar-refractivity contribution is -0.167. The Morgan fingerprint density at radius 2 is 0.500 bits per heavy atom. The van der Waals surface area contributed by atoms with Crippen molar-refractivity contribution in [3.63, 3.8) is 0 Å². The van der Waals surface area contributed by atoms with Gasteiger partial charge in [0.1, 0.15) is 13.2 Å². The SMILES string of the molecule is CC/C=C\C/C=C\C/C=C\C/C=C\C/C=C\CCCCCCCCCCCCCCCCCC(=O)OCC(COC(=O)CCCCCCCCCCCC)OC(=O)CCCCCCCCCCCCCCCCCCCCC. The van der Waals surface area contributed by atoms with Crippen LogP contribution in [0.5, 0.6) is 0 Å². The fourth-order valence-corrected chi connectivity index (χ4v) is 10.2. The average Bonchev–Trinajstić information content (AvgIpc) is 3.44. The van der Waals surface area contributed by atoms with E-state index in [2.05, 4.69) is 81.5 Å². The van der Waals surface area contributed by atoms with Gasteiger partial charge < -0.3 is 14.2 Å². The molecule has 6 heteroatoms. The van der Waals surface area contributed by atoms with Gasteiger partial charge in [-0.1, -0.05) is 338 Å². The second kappa shape index (κ2) is 66.6. The highest BCUT2D eigenvalue weighted by molar-refractivity contribution is 5.71. The molecule has 0 fully saturated rings. The van der Waals surface area contributed by atoms with Crippen LogP contribution in [0.4, 0.5) is 0 Å². The van der Waals surface area contributed by atoms with Crippen LogP contribution >= 0.6 is 0 Å². The molecule has 454 valence electrons. The molecule has 0 N–H and O–H groups in total. The highest BCUT2D eigenvalue weighted by Gasteiger charge is 2.19. The number of carbonyl (C=O) groups is 3. The zero-order valence-electron chi connectivity index (χ0n) is 52.2. The lowest BCUT2D eigenvalue weighted by atomic mass is 10.0. The number of ether oxygens (including phenoxy) is 3. The van der Waals surface area contributed by atoms with Crippen LogP contribution in [0, 0.1) is 0 Å². The Labute approximate surface area is 485 Å². The van der Waals surface area contributed by atoms with Crippen molar-refractivity contribution in [1.29, 1.82) is 0 Å². The Morgan fingerprint density at radius 3 is 0.782 bits per heavy atom. The van der Waals surface area contributed by atoms with E-state index in [1.54, 1.807) is 0 Å². The van der Waals surface area contributed by atoms with Crippen LogP contribution in [0.1, 0.15) is 361 Å². The predicted molar refractivity (Wildman–Crippen MR) is 339 cm³/mol. The van der Waals surface area contributed by atoms with Gasteiger partial charge in [-0.25, -0.2) is 0 Å². The first kappa shape index (κ1) is 75.1. The minimum absolute atomic E-state index is 0.0672. The quantitative estimate of drug-likeness (QED) is 0.0261. The lowest BCUT2D eigenvalue weighted by Crippen LogP contribution is -2.30. The van der Waals surface area contributed by atoms with Crippen molar-refractivity contribution in [2.24, 2.45) is 0 Å². The van der Waals surface area contributed by atoms with Crippen molar-refractivity contribution in [3.05, 3.63) is 60.8 Å². The Kier molecular flexibility index (Phi) is 64.2. The van der Waals surface area contributed by atoms with Gasteiger partial charge in [0.15, 0.2) is 6.10 Å². The van der Waals surface area contributed by atoms with Gasteiger partial charge in [-0.15, -0.1) is 0 Å². The first-order valence-electron chi connectivity index (χ1n) is 34.3. The van der Waals surface area contributed by atoms with Crippen molar-refractivity contribution in [3.8, 4) is 0 Å². The van der Waals surface area contributed by atoms with Gasteiger partial charge in [0, 0.05) is 19.3 Å². The minimum Gasteiger partial charge on any atom is -0.462 e. The molecule has 0 aliphatic carbocycles. The van der Waals surface area contributed by atoms with Gasteiger partial charge in [0.05, 0.1) is 0 Å². The van der Waals surface area contributed by atoms with Crippen LogP contribution in [0.3, 0.4) is 0 Å². The molecule has 0 rings (SSSR count). The van der Waals surface area contributed by atoms with Crippen LogP contribution < -0.4 is 0 Å². The number of esters is 3. The van der Waals surface area contributed by atoms with E-state index < -0.39 is 6.10 Å². The summed E-state index contributed by atoms with van der Waals surface area (Å²) in [6.45, 7) is 6.57. The average molecular weight is 1090 g/mol. The van der Waals surface area contributed by atoms with Gasteiger partial charge in [-0.2, -0.15) is 0 Å². The smallest absolute Gasteiger partial charge is 0.306 e. The molecule has 0 saturated carbocycles. The molecule has 0 radical (unpaired) electrons. The Hall–Kier alpha value is -2.89. The van der Waals surface area contributed by atoms with Crippen LogP contribution in [0.25, 0.3) is 0 Å². The maximum absolute atomic E-state index is 12.9. The summed E-state index contributed by atoms with van der Waals surface area (Å²) in [4.78, 5) is 38.3. The summed E-state index contributed by atoms with van der Waals surface area (Å²) in [6.07, 6.45) is 85.4. The maximum Gasteiger partial charge on any atom is 0.306 e. The lowest BCUT2D eigenvalue weighted by Gasteiger charge is -2.18. The maximum atomic E-state index is 12.9. The number of unbranched alkanes of at least 4 members (excludes halogenated alkanes) is 42. The number of carbonyl (C=O) groups excluding carboxylic acids is 3. The van der Waals surface area contributed by atoms with Crippen LogP contribution in [0.2, 0.25) is 0 Å². The van der Waals surface area contributed by atoms with Crippen molar-refractivity contribution in [1.82, 2.24) is 0 Å². The van der Waals surface area contributed by atoms with E-state index in [0.717, 1.165) is 89.9 Å². The summed E-state index contributed by atoms with van der Waals surface area (Å²) in [5, 5.41) is 0. The zero-order chi connectivity index (χ0) is 56.4. The van der Waals surface area contributed by atoms with Crippen molar-refractivity contribution in [2.45, 2.75) is 367 Å². The van der Waals surface area contributed by atoms with E-state index >= 15 is 0 Å². The van der Waals surface area contributed by atoms with Crippen LogP contribution in [-0.4, -0.2) is 37.2 Å². The molecule has 6 nitrogen and oxygen atoms in total. The van der Waals surface area contributed by atoms with E-state index in [9.17, 15) is 14.4 Å². The van der Waals surface area contributed by atoms with E-state index in [1.165, 1.54) is 231 Å². The molecule has 0 aromatic carbocycles. The van der Waals surface area contributed by atoms with Gasteiger partial charge in [0.2, 0.25) is 0 Å². The zero-order valence-corrected chi connectivity index (χ0v) is 52.2. The molecule has 0 aliphatic heterocycles. The number of allylic oxidation sites excluding steroid dienone is 10. The molecule has 0 heterocycles. The summed E-state index contributed by atoms with van der Waals surface area (Å²) < 4.78 is 16.9. The molecule has 0 bridgehead atoms. The third-order valence-electron chi connectivity index (χ3n) is 15.3. The minimum atomic E-state index is -0.769. The summed E-state index contributed by atoms with van der Waals surface area (Å²) in [5.41, 5.74) is 0. The third kappa shape index (κ3) is 63.9. The first-order valence-corrected chi connectivity index (χ1v) is 34.3. The van der Waals surface area contributed by atoms with E-state index in [1.807, 2.05) is 0 Å². The Morgan fingerprint density at radius 1 is 0.269 bits per heavy atom. The third-order valence-corrected chi connectivity index (χ3v) is 15.3. The van der Waals surface area contributed by atoms with E-state index in [0.29, 0.717) is 19.3 Å². The van der Waals surface area contributed by atoms with Crippen molar-refractivity contribution < 1.29 is 28.6 Å². The molecular weight excluding hydrogens is 961 g/mol. The van der Waals surface area contributed by atoms with Gasteiger partial charge in [-0.3, -0.25) is 14.4 Å².